The first-order valence-corrected chi connectivity index (χ1v) is 9.57. The quantitative estimate of drug-likeness (QED) is 0.639. The maximum atomic E-state index is 12.3. The smallest absolute Gasteiger partial charge is 0.319 e. The molecule has 28 heavy (non-hydrogen) atoms. The summed E-state index contributed by atoms with van der Waals surface area (Å²) >= 11 is 0. The van der Waals surface area contributed by atoms with E-state index in [2.05, 4.69) is 25.8 Å². The van der Waals surface area contributed by atoms with E-state index < -0.39 is 5.97 Å². The maximum Gasteiger partial charge on any atom is 0.319 e. The van der Waals surface area contributed by atoms with E-state index in [0.29, 0.717) is 11.6 Å². The van der Waals surface area contributed by atoms with Crippen LogP contribution in [0, 0.1) is 5.92 Å². The van der Waals surface area contributed by atoms with Gasteiger partial charge in [-0.05, 0) is 49.8 Å². The third-order valence-electron chi connectivity index (χ3n) is 5.28. The number of nitrogens with zero attached hydrogens (tertiary/aromatic N) is 4. The van der Waals surface area contributed by atoms with Crippen molar-refractivity contribution >= 4 is 17.7 Å². The van der Waals surface area contributed by atoms with Crippen molar-refractivity contribution in [2.75, 3.05) is 18.4 Å². The largest absolute Gasteiger partial charge is 0.480 e. The van der Waals surface area contributed by atoms with Gasteiger partial charge in [0.15, 0.2) is 0 Å². The summed E-state index contributed by atoms with van der Waals surface area (Å²) in [4.78, 5) is 25.4. The van der Waals surface area contributed by atoms with Crippen LogP contribution in [0.2, 0.25) is 0 Å². The summed E-state index contributed by atoms with van der Waals surface area (Å²) in [5, 5.41) is 22.7. The van der Waals surface area contributed by atoms with Crippen molar-refractivity contribution in [2.45, 2.75) is 37.8 Å². The summed E-state index contributed by atoms with van der Waals surface area (Å²) < 4.78 is 1.62. The van der Waals surface area contributed by atoms with Crippen LogP contribution in [-0.4, -0.2) is 62.2 Å². The molecular weight excluding hydrogens is 360 g/mol. The van der Waals surface area contributed by atoms with Gasteiger partial charge in [0, 0.05) is 24.3 Å². The van der Waals surface area contributed by atoms with Gasteiger partial charge in [-0.25, -0.2) is 9.48 Å². The number of hydrogen-bond acceptors (Lipinski definition) is 5. The van der Waals surface area contributed by atoms with Gasteiger partial charge in [-0.1, -0.05) is 11.3 Å². The lowest BCUT2D eigenvalue weighted by molar-refractivity contribution is -0.139. The van der Waals surface area contributed by atoms with Crippen molar-refractivity contribution in [2.24, 2.45) is 5.92 Å². The number of carboxylic acids is 1. The maximum absolute atomic E-state index is 12.3. The molecule has 2 saturated carbocycles. The number of urea groups is 1. The molecular formula is C19H24N6O3. The van der Waals surface area contributed by atoms with Gasteiger partial charge in [-0.2, -0.15) is 0 Å². The first kappa shape index (κ1) is 18.4. The fraction of sp³-hybridized carbons (Fsp3) is 0.474. The molecule has 9 heteroatoms. The van der Waals surface area contributed by atoms with Crippen LogP contribution < -0.4 is 10.6 Å². The lowest BCUT2D eigenvalue weighted by Gasteiger charge is -2.42. The Morgan fingerprint density at radius 1 is 1.29 bits per heavy atom. The Morgan fingerprint density at radius 2 is 2.11 bits per heavy atom. The summed E-state index contributed by atoms with van der Waals surface area (Å²) in [5.74, 6) is -0.144. The van der Waals surface area contributed by atoms with Gasteiger partial charge in [0.25, 0.3) is 0 Å². The SMILES string of the molecule is O=C(O)CN(CC1CC1)C1CC(NC(=O)Nc2cccc(-n3ccnn3)c2)C1. The van der Waals surface area contributed by atoms with E-state index in [9.17, 15) is 9.59 Å². The highest BCUT2D eigenvalue weighted by Gasteiger charge is 2.37. The van der Waals surface area contributed by atoms with Crippen LogP contribution in [0.25, 0.3) is 5.69 Å². The fourth-order valence-electron chi connectivity index (χ4n) is 3.58. The average Bonchev–Trinajstić information content (AvgIpc) is 3.26. The van der Waals surface area contributed by atoms with Crippen molar-refractivity contribution in [3.05, 3.63) is 36.7 Å². The fourth-order valence-corrected chi connectivity index (χ4v) is 3.58. The number of hydrogen-bond donors (Lipinski definition) is 3. The van der Waals surface area contributed by atoms with E-state index in [4.69, 9.17) is 5.11 Å². The van der Waals surface area contributed by atoms with Gasteiger partial charge in [0.2, 0.25) is 0 Å². The minimum atomic E-state index is -0.790. The molecule has 1 heterocycles. The molecule has 4 rings (SSSR count). The van der Waals surface area contributed by atoms with Crippen molar-refractivity contribution in [3.8, 4) is 5.69 Å². The number of nitrogens with one attached hydrogen (secondary N) is 2. The van der Waals surface area contributed by atoms with Gasteiger partial charge in [-0.15, -0.1) is 5.10 Å². The number of rotatable bonds is 8. The highest BCUT2D eigenvalue weighted by molar-refractivity contribution is 5.89. The van der Waals surface area contributed by atoms with Crippen molar-refractivity contribution in [1.82, 2.24) is 25.2 Å². The molecule has 9 nitrogen and oxygen atoms in total. The van der Waals surface area contributed by atoms with Crippen LogP contribution in [0.5, 0.6) is 0 Å². The number of anilines is 1. The van der Waals surface area contributed by atoms with Gasteiger partial charge in [0.05, 0.1) is 24.6 Å². The predicted octanol–water partition coefficient (Wildman–Crippen LogP) is 1.72. The Labute approximate surface area is 162 Å². The normalized spacial score (nSPS) is 21.2. The molecule has 2 aliphatic rings. The summed E-state index contributed by atoms with van der Waals surface area (Å²) in [6, 6.07) is 7.40. The number of aliphatic carboxylic acids is 1. The molecule has 0 radical (unpaired) electrons. The first-order valence-electron chi connectivity index (χ1n) is 9.57. The number of carbonyl (C=O) groups is 2. The second-order valence-corrected chi connectivity index (χ2v) is 7.59. The monoisotopic (exact) mass is 384 g/mol. The van der Waals surface area contributed by atoms with Crippen LogP contribution in [-0.2, 0) is 4.79 Å². The molecule has 2 aromatic rings. The van der Waals surface area contributed by atoms with Gasteiger partial charge >= 0.3 is 12.0 Å². The Balaban J connectivity index is 1.26. The lowest BCUT2D eigenvalue weighted by atomic mass is 9.85. The zero-order valence-corrected chi connectivity index (χ0v) is 15.5. The molecule has 0 atom stereocenters. The van der Waals surface area contributed by atoms with E-state index in [1.54, 1.807) is 17.1 Å². The standard InChI is InChI=1S/C19H24N6O3/c26-18(27)12-24(11-13-4-5-13)17-9-15(10-17)22-19(28)21-14-2-1-3-16(8-14)25-7-6-20-23-25/h1-3,6-8,13,15,17H,4-5,9-12H2,(H,26,27)(H2,21,22,28). The number of aromatic nitrogens is 3. The van der Waals surface area contributed by atoms with Crippen molar-refractivity contribution in [1.29, 1.82) is 0 Å². The molecule has 0 aliphatic heterocycles. The van der Waals surface area contributed by atoms with Gasteiger partial charge in [0.1, 0.15) is 0 Å². The van der Waals surface area contributed by atoms with E-state index in [0.717, 1.165) is 25.1 Å². The zero-order valence-electron chi connectivity index (χ0n) is 15.5. The Hall–Kier alpha value is -2.94. The van der Waals surface area contributed by atoms with Crippen LogP contribution >= 0.6 is 0 Å². The molecule has 2 fully saturated rings. The minimum absolute atomic E-state index is 0.0685. The number of benzene rings is 1. The third kappa shape index (κ3) is 4.66. The summed E-state index contributed by atoms with van der Waals surface area (Å²) in [6.07, 6.45) is 7.29. The highest BCUT2D eigenvalue weighted by Crippen LogP contribution is 2.33. The van der Waals surface area contributed by atoms with E-state index in [1.807, 2.05) is 24.3 Å². The van der Waals surface area contributed by atoms with Crippen LogP contribution in [0.15, 0.2) is 36.7 Å². The van der Waals surface area contributed by atoms with Crippen LogP contribution in [0.4, 0.5) is 10.5 Å². The van der Waals surface area contributed by atoms with Crippen LogP contribution in [0.1, 0.15) is 25.7 Å². The molecule has 148 valence electrons. The average molecular weight is 384 g/mol. The molecule has 2 amide bonds. The Bertz CT molecular complexity index is 830. The summed E-state index contributed by atoms with van der Waals surface area (Å²) in [5.41, 5.74) is 1.48. The molecule has 0 saturated heterocycles. The predicted molar refractivity (Wildman–Crippen MR) is 102 cm³/mol. The molecule has 0 bridgehead atoms. The van der Waals surface area contributed by atoms with Crippen molar-refractivity contribution in [3.63, 3.8) is 0 Å². The highest BCUT2D eigenvalue weighted by atomic mass is 16.4. The topological polar surface area (TPSA) is 112 Å². The summed E-state index contributed by atoms with van der Waals surface area (Å²) in [6.45, 7) is 0.931. The van der Waals surface area contributed by atoms with Gasteiger partial charge < -0.3 is 15.7 Å². The molecule has 2 aliphatic carbocycles. The van der Waals surface area contributed by atoms with Crippen molar-refractivity contribution < 1.29 is 14.7 Å². The minimum Gasteiger partial charge on any atom is -0.480 e. The van der Waals surface area contributed by atoms with E-state index in [1.165, 1.54) is 12.8 Å². The molecule has 0 unspecified atom stereocenters. The van der Waals surface area contributed by atoms with E-state index in [-0.39, 0.29) is 24.7 Å². The molecule has 1 aromatic heterocycles. The van der Waals surface area contributed by atoms with Crippen LogP contribution in [0.3, 0.4) is 0 Å². The molecule has 0 spiro atoms. The summed E-state index contributed by atoms with van der Waals surface area (Å²) in [7, 11) is 0. The molecule has 1 aromatic carbocycles. The van der Waals surface area contributed by atoms with Gasteiger partial charge in [-0.3, -0.25) is 9.69 Å². The second kappa shape index (κ2) is 7.97. The first-order chi connectivity index (χ1) is 13.6. The third-order valence-corrected chi connectivity index (χ3v) is 5.28. The lowest BCUT2D eigenvalue weighted by Crippen LogP contribution is -2.55. The Kier molecular flexibility index (Phi) is 5.25. The molecule has 3 N–H and O–H groups in total. The number of carboxylic acid groups (broad SMARTS) is 1. The number of carbonyl (C=O) groups excluding carboxylic acids is 1. The second-order valence-electron chi connectivity index (χ2n) is 7.59. The Morgan fingerprint density at radius 3 is 2.79 bits per heavy atom. The number of amides is 2. The van der Waals surface area contributed by atoms with E-state index >= 15 is 0 Å². The zero-order chi connectivity index (χ0) is 19.5.